The molecule has 0 amide bonds. The summed E-state index contributed by atoms with van der Waals surface area (Å²) in [7, 11) is 1.69. The first-order valence-corrected chi connectivity index (χ1v) is 8.12. The van der Waals surface area contributed by atoms with Crippen LogP contribution < -0.4 is 10.5 Å². The third-order valence-electron chi connectivity index (χ3n) is 3.94. The number of rotatable bonds is 3. The molecule has 0 aliphatic rings. The van der Waals surface area contributed by atoms with Crippen LogP contribution >= 0.6 is 23.2 Å². The summed E-state index contributed by atoms with van der Waals surface area (Å²) in [5, 5.41) is 2.11. The van der Waals surface area contributed by atoms with Crippen LogP contribution in [0.1, 0.15) is 25.3 Å². The van der Waals surface area contributed by atoms with Crippen molar-refractivity contribution in [1.82, 2.24) is 4.57 Å². The highest BCUT2D eigenvalue weighted by atomic mass is 35.5. The van der Waals surface area contributed by atoms with E-state index >= 15 is 0 Å². The van der Waals surface area contributed by atoms with E-state index in [0.29, 0.717) is 21.7 Å². The smallest absolute Gasteiger partial charge is 0.123 e. The lowest BCUT2D eigenvalue weighted by atomic mass is 10.0. The van der Waals surface area contributed by atoms with E-state index in [9.17, 15) is 0 Å². The molecule has 0 saturated heterocycles. The van der Waals surface area contributed by atoms with Crippen molar-refractivity contribution in [1.29, 1.82) is 0 Å². The van der Waals surface area contributed by atoms with Gasteiger partial charge in [-0.05, 0) is 41.8 Å². The van der Waals surface area contributed by atoms with Gasteiger partial charge in [-0.25, -0.2) is 0 Å². The molecule has 2 aromatic carbocycles. The highest BCUT2D eigenvalue weighted by molar-refractivity contribution is 6.38. The number of benzene rings is 2. The lowest BCUT2D eigenvalue weighted by molar-refractivity contribution is 0.408. The summed E-state index contributed by atoms with van der Waals surface area (Å²) >= 11 is 12.8. The van der Waals surface area contributed by atoms with E-state index in [1.54, 1.807) is 19.2 Å². The average molecular weight is 349 g/mol. The fourth-order valence-corrected chi connectivity index (χ4v) is 3.50. The lowest BCUT2D eigenvalue weighted by Gasteiger charge is -2.15. The Morgan fingerprint density at radius 2 is 1.74 bits per heavy atom. The molecule has 3 aromatic rings. The van der Waals surface area contributed by atoms with Gasteiger partial charge in [-0.1, -0.05) is 37.0 Å². The molecule has 0 fully saturated rings. The van der Waals surface area contributed by atoms with Crippen LogP contribution in [0.4, 0.5) is 5.69 Å². The van der Waals surface area contributed by atoms with Crippen LogP contribution in [0, 0.1) is 0 Å². The fraction of sp³-hybridized carbons (Fsp3) is 0.222. The zero-order valence-electron chi connectivity index (χ0n) is 13.2. The van der Waals surface area contributed by atoms with E-state index in [1.807, 2.05) is 22.9 Å². The Morgan fingerprint density at radius 3 is 2.30 bits per heavy atom. The SMILES string of the molecule is COc1cc2ccn(-c3c(Cl)cc(N)cc3Cl)c2cc1C(C)C. The van der Waals surface area contributed by atoms with E-state index in [-0.39, 0.29) is 0 Å². The van der Waals surface area contributed by atoms with Gasteiger partial charge in [0.25, 0.3) is 0 Å². The van der Waals surface area contributed by atoms with Crippen LogP contribution in [0.25, 0.3) is 16.6 Å². The molecule has 2 N–H and O–H groups in total. The van der Waals surface area contributed by atoms with Crippen molar-refractivity contribution >= 4 is 39.8 Å². The number of nitrogen functional groups attached to an aromatic ring is 1. The monoisotopic (exact) mass is 348 g/mol. The summed E-state index contributed by atoms with van der Waals surface area (Å²) in [5.41, 5.74) is 9.25. The van der Waals surface area contributed by atoms with Gasteiger partial charge in [0.1, 0.15) is 5.75 Å². The Labute approximate surface area is 145 Å². The quantitative estimate of drug-likeness (QED) is 0.621. The molecule has 1 heterocycles. The molecular weight excluding hydrogens is 331 g/mol. The molecule has 0 atom stereocenters. The first-order valence-electron chi connectivity index (χ1n) is 7.36. The number of anilines is 1. The summed E-state index contributed by atoms with van der Waals surface area (Å²) in [4.78, 5) is 0. The highest BCUT2D eigenvalue weighted by Crippen LogP contribution is 2.37. The molecular formula is C18H18Cl2N2O. The predicted octanol–water partition coefficient (Wildman–Crippen LogP) is 5.65. The lowest BCUT2D eigenvalue weighted by Crippen LogP contribution is -1.99. The summed E-state index contributed by atoms with van der Waals surface area (Å²) in [5.74, 6) is 1.23. The number of nitrogens with zero attached hydrogens (tertiary/aromatic N) is 1. The fourth-order valence-electron chi connectivity index (χ4n) is 2.82. The summed E-state index contributed by atoms with van der Waals surface area (Å²) in [6, 6.07) is 9.61. The van der Waals surface area contributed by atoms with Crippen LogP contribution in [-0.2, 0) is 0 Å². The summed E-state index contributed by atoms with van der Waals surface area (Å²) < 4.78 is 7.51. The number of hydrogen-bond acceptors (Lipinski definition) is 2. The van der Waals surface area contributed by atoms with Gasteiger partial charge >= 0.3 is 0 Å². The van der Waals surface area contributed by atoms with Crippen LogP contribution in [0.15, 0.2) is 36.5 Å². The average Bonchev–Trinajstić information content (AvgIpc) is 2.87. The number of fused-ring (bicyclic) bond motifs is 1. The number of halogens is 2. The van der Waals surface area contributed by atoms with E-state index in [4.69, 9.17) is 33.7 Å². The van der Waals surface area contributed by atoms with Gasteiger partial charge in [0.05, 0.1) is 28.4 Å². The van der Waals surface area contributed by atoms with Crippen molar-refractivity contribution in [3.8, 4) is 11.4 Å². The van der Waals surface area contributed by atoms with Crippen molar-refractivity contribution in [3.05, 3.63) is 52.1 Å². The molecule has 1 aromatic heterocycles. The molecule has 120 valence electrons. The van der Waals surface area contributed by atoms with Crippen molar-refractivity contribution in [2.24, 2.45) is 0 Å². The Kier molecular flexibility index (Phi) is 4.17. The summed E-state index contributed by atoms with van der Waals surface area (Å²) in [6.45, 7) is 4.28. The number of aromatic nitrogens is 1. The van der Waals surface area contributed by atoms with Crippen molar-refractivity contribution in [3.63, 3.8) is 0 Å². The molecule has 0 saturated carbocycles. The number of hydrogen-bond donors (Lipinski definition) is 1. The predicted molar refractivity (Wildman–Crippen MR) is 98.3 cm³/mol. The molecule has 0 spiro atoms. The van der Waals surface area contributed by atoms with Crippen LogP contribution in [0.5, 0.6) is 5.75 Å². The van der Waals surface area contributed by atoms with Crippen molar-refractivity contribution in [2.45, 2.75) is 19.8 Å². The Balaban J connectivity index is 2.30. The van der Waals surface area contributed by atoms with Gasteiger partial charge in [0.15, 0.2) is 0 Å². The summed E-state index contributed by atoms with van der Waals surface area (Å²) in [6.07, 6.45) is 1.96. The Bertz CT molecular complexity index is 861. The number of ether oxygens (including phenoxy) is 1. The van der Waals surface area contributed by atoms with Gasteiger partial charge in [-0.2, -0.15) is 0 Å². The normalized spacial score (nSPS) is 11.4. The highest BCUT2D eigenvalue weighted by Gasteiger charge is 2.15. The topological polar surface area (TPSA) is 40.2 Å². The van der Waals surface area contributed by atoms with E-state index in [1.165, 1.54) is 0 Å². The second kappa shape index (κ2) is 5.99. The molecule has 3 nitrogen and oxygen atoms in total. The zero-order valence-corrected chi connectivity index (χ0v) is 14.7. The molecule has 0 unspecified atom stereocenters. The second-order valence-corrected chi connectivity index (χ2v) is 6.64. The largest absolute Gasteiger partial charge is 0.496 e. The molecule has 0 bridgehead atoms. The maximum absolute atomic E-state index is 6.38. The minimum atomic E-state index is 0.343. The molecule has 0 radical (unpaired) electrons. The second-order valence-electron chi connectivity index (χ2n) is 5.83. The molecule has 3 rings (SSSR count). The van der Waals surface area contributed by atoms with Crippen LogP contribution in [-0.4, -0.2) is 11.7 Å². The van der Waals surface area contributed by atoms with E-state index < -0.39 is 0 Å². The first-order chi connectivity index (χ1) is 10.9. The molecule has 0 aliphatic carbocycles. The maximum Gasteiger partial charge on any atom is 0.123 e. The van der Waals surface area contributed by atoms with Gasteiger partial charge in [0.2, 0.25) is 0 Å². The number of nitrogens with two attached hydrogens (primary N) is 1. The Hall–Kier alpha value is -1.84. The van der Waals surface area contributed by atoms with Gasteiger partial charge in [-0.15, -0.1) is 0 Å². The minimum Gasteiger partial charge on any atom is -0.496 e. The first kappa shape index (κ1) is 16.0. The molecule has 23 heavy (non-hydrogen) atoms. The minimum absolute atomic E-state index is 0.343. The van der Waals surface area contributed by atoms with Gasteiger partial charge in [-0.3, -0.25) is 0 Å². The standard InChI is InChI=1S/C18H18Cl2N2O/c1-10(2)13-9-16-11(6-17(13)23-3)4-5-22(16)18-14(19)7-12(21)8-15(18)20/h4-10H,21H2,1-3H3. The third kappa shape index (κ3) is 2.75. The number of methoxy groups -OCH3 is 1. The van der Waals surface area contributed by atoms with Gasteiger partial charge in [0, 0.05) is 17.3 Å². The van der Waals surface area contributed by atoms with Crippen molar-refractivity contribution < 1.29 is 4.74 Å². The van der Waals surface area contributed by atoms with Gasteiger partial charge < -0.3 is 15.0 Å². The third-order valence-corrected chi connectivity index (χ3v) is 4.52. The van der Waals surface area contributed by atoms with Crippen LogP contribution in [0.3, 0.4) is 0 Å². The molecule has 5 heteroatoms. The Morgan fingerprint density at radius 1 is 1.09 bits per heavy atom. The van der Waals surface area contributed by atoms with Crippen LogP contribution in [0.2, 0.25) is 10.0 Å². The zero-order chi connectivity index (χ0) is 16.7. The van der Waals surface area contributed by atoms with Crippen molar-refractivity contribution in [2.75, 3.05) is 12.8 Å². The van der Waals surface area contributed by atoms with E-state index in [0.717, 1.165) is 27.9 Å². The maximum atomic E-state index is 6.38. The van der Waals surface area contributed by atoms with E-state index in [2.05, 4.69) is 19.9 Å². The molecule has 0 aliphatic heterocycles.